The molecular weight excluding hydrogens is 232 g/mol. The number of carboxylic acid groups (broad SMARTS) is 1. The zero-order chi connectivity index (χ0) is 13.1. The van der Waals surface area contributed by atoms with E-state index in [-0.39, 0.29) is 12.3 Å². The molecule has 0 heterocycles. The van der Waals surface area contributed by atoms with E-state index in [0.717, 1.165) is 18.4 Å². The predicted molar refractivity (Wildman–Crippen MR) is 67.4 cm³/mol. The molecule has 1 aliphatic rings. The number of rotatable bonds is 5. The highest BCUT2D eigenvalue weighted by Crippen LogP contribution is 2.44. The van der Waals surface area contributed by atoms with Gasteiger partial charge in [-0.05, 0) is 42.4 Å². The normalized spacial score (nSPS) is 16.0. The van der Waals surface area contributed by atoms with Gasteiger partial charge >= 0.3 is 12.0 Å². The second kappa shape index (κ2) is 5.08. The minimum absolute atomic E-state index is 0.0742. The molecule has 0 aliphatic heterocycles. The molecule has 18 heavy (non-hydrogen) atoms. The molecular formula is C13H16N2O3. The van der Waals surface area contributed by atoms with Gasteiger partial charge in [0.05, 0.1) is 6.42 Å². The average Bonchev–Trinajstić information content (AvgIpc) is 3.10. The molecule has 0 radical (unpaired) electrons. The van der Waals surface area contributed by atoms with Crippen molar-refractivity contribution in [2.45, 2.75) is 25.2 Å². The zero-order valence-corrected chi connectivity index (χ0v) is 9.93. The summed E-state index contributed by atoms with van der Waals surface area (Å²) in [7, 11) is 0. The number of amides is 2. The van der Waals surface area contributed by atoms with Gasteiger partial charge in [0.15, 0.2) is 0 Å². The lowest BCUT2D eigenvalue weighted by atomic mass is 9.91. The van der Waals surface area contributed by atoms with Crippen LogP contribution in [-0.4, -0.2) is 17.1 Å². The summed E-state index contributed by atoms with van der Waals surface area (Å²) < 4.78 is 0. The van der Waals surface area contributed by atoms with Crippen LogP contribution in [0, 0.1) is 5.92 Å². The summed E-state index contributed by atoms with van der Waals surface area (Å²) in [5, 5.41) is 11.4. The van der Waals surface area contributed by atoms with Crippen LogP contribution in [0.1, 0.15) is 30.7 Å². The Morgan fingerprint density at radius 3 is 2.39 bits per heavy atom. The third-order valence-corrected chi connectivity index (χ3v) is 3.19. The minimum Gasteiger partial charge on any atom is -0.481 e. The van der Waals surface area contributed by atoms with E-state index < -0.39 is 12.0 Å². The van der Waals surface area contributed by atoms with Gasteiger partial charge in [-0.3, -0.25) is 4.79 Å². The number of carboxylic acids is 1. The number of benzene rings is 1. The third kappa shape index (κ3) is 3.23. The van der Waals surface area contributed by atoms with Crippen molar-refractivity contribution >= 4 is 17.7 Å². The molecule has 0 aromatic heterocycles. The largest absolute Gasteiger partial charge is 0.481 e. The van der Waals surface area contributed by atoms with Crippen molar-refractivity contribution < 1.29 is 14.7 Å². The number of nitrogens with one attached hydrogen (secondary N) is 1. The van der Waals surface area contributed by atoms with Crippen LogP contribution < -0.4 is 11.1 Å². The standard InChI is InChI=1S/C13H16N2O3/c14-13(18)15-10-5-3-9(4-6-10)11(7-12(16)17)8-1-2-8/h3-6,8,11H,1-2,7H2,(H,16,17)(H3,14,15,18). The molecule has 0 saturated heterocycles. The number of anilines is 1. The second-order valence-electron chi connectivity index (χ2n) is 4.65. The van der Waals surface area contributed by atoms with Crippen LogP contribution in [0.4, 0.5) is 10.5 Å². The van der Waals surface area contributed by atoms with Crippen LogP contribution in [0.25, 0.3) is 0 Å². The summed E-state index contributed by atoms with van der Waals surface area (Å²) in [5.74, 6) is -0.215. The van der Waals surface area contributed by atoms with Crippen molar-refractivity contribution in [2.24, 2.45) is 11.7 Å². The minimum atomic E-state index is -0.772. The molecule has 2 amide bonds. The predicted octanol–water partition coefficient (Wildman–Crippen LogP) is 2.15. The third-order valence-electron chi connectivity index (χ3n) is 3.19. The Hall–Kier alpha value is -2.04. The first-order valence-corrected chi connectivity index (χ1v) is 5.94. The molecule has 2 rings (SSSR count). The van der Waals surface area contributed by atoms with Crippen molar-refractivity contribution in [2.75, 3.05) is 5.32 Å². The molecule has 1 aromatic carbocycles. The van der Waals surface area contributed by atoms with Crippen LogP contribution in [-0.2, 0) is 4.79 Å². The Labute approximate surface area is 105 Å². The fourth-order valence-electron chi connectivity index (χ4n) is 2.20. The lowest BCUT2D eigenvalue weighted by molar-refractivity contribution is -0.137. The Morgan fingerprint density at radius 1 is 1.33 bits per heavy atom. The van der Waals surface area contributed by atoms with Gasteiger partial charge in [-0.1, -0.05) is 12.1 Å². The molecule has 1 atom stereocenters. The van der Waals surface area contributed by atoms with Gasteiger partial charge in [0, 0.05) is 5.69 Å². The van der Waals surface area contributed by atoms with E-state index in [9.17, 15) is 9.59 Å². The van der Waals surface area contributed by atoms with Crippen molar-refractivity contribution in [1.82, 2.24) is 0 Å². The van der Waals surface area contributed by atoms with E-state index in [2.05, 4.69) is 5.32 Å². The van der Waals surface area contributed by atoms with Crippen molar-refractivity contribution in [3.8, 4) is 0 Å². The van der Waals surface area contributed by atoms with E-state index in [1.807, 2.05) is 12.1 Å². The molecule has 5 heteroatoms. The summed E-state index contributed by atoms with van der Waals surface area (Å²) in [5.41, 5.74) is 6.65. The molecule has 96 valence electrons. The topological polar surface area (TPSA) is 92.4 Å². The smallest absolute Gasteiger partial charge is 0.316 e. The number of hydrogen-bond donors (Lipinski definition) is 3. The Kier molecular flexibility index (Phi) is 3.50. The van der Waals surface area contributed by atoms with Gasteiger partial charge in [-0.25, -0.2) is 4.79 Å². The quantitative estimate of drug-likeness (QED) is 0.745. The monoisotopic (exact) mass is 248 g/mol. The SMILES string of the molecule is NC(=O)Nc1ccc(C(CC(=O)O)C2CC2)cc1. The number of nitrogens with two attached hydrogens (primary N) is 1. The number of carbonyl (C=O) groups excluding carboxylic acids is 1. The van der Waals surface area contributed by atoms with E-state index in [0.29, 0.717) is 11.6 Å². The maximum atomic E-state index is 10.9. The van der Waals surface area contributed by atoms with E-state index in [1.165, 1.54) is 0 Å². The number of primary amides is 1. The molecule has 1 aliphatic carbocycles. The van der Waals surface area contributed by atoms with Gasteiger partial charge in [-0.2, -0.15) is 0 Å². The summed E-state index contributed by atoms with van der Waals surface area (Å²) in [6.45, 7) is 0. The number of carbonyl (C=O) groups is 2. The Balaban J connectivity index is 2.10. The van der Waals surface area contributed by atoms with Crippen LogP contribution >= 0.6 is 0 Å². The van der Waals surface area contributed by atoms with Crippen molar-refractivity contribution in [3.63, 3.8) is 0 Å². The van der Waals surface area contributed by atoms with Crippen molar-refractivity contribution in [1.29, 1.82) is 0 Å². The molecule has 1 fully saturated rings. The number of aliphatic carboxylic acids is 1. The molecule has 0 bridgehead atoms. The first kappa shape index (κ1) is 12.4. The second-order valence-corrected chi connectivity index (χ2v) is 4.65. The summed E-state index contributed by atoms with van der Waals surface area (Å²) in [4.78, 5) is 21.5. The first-order valence-electron chi connectivity index (χ1n) is 5.94. The molecule has 0 spiro atoms. The Bertz CT molecular complexity index is 452. The van der Waals surface area contributed by atoms with Gasteiger partial charge < -0.3 is 16.2 Å². The summed E-state index contributed by atoms with van der Waals surface area (Å²) >= 11 is 0. The Morgan fingerprint density at radius 2 is 1.94 bits per heavy atom. The number of hydrogen-bond acceptors (Lipinski definition) is 2. The first-order chi connectivity index (χ1) is 8.56. The van der Waals surface area contributed by atoms with Crippen LogP contribution in [0.3, 0.4) is 0 Å². The zero-order valence-electron chi connectivity index (χ0n) is 9.93. The average molecular weight is 248 g/mol. The molecule has 5 nitrogen and oxygen atoms in total. The van der Waals surface area contributed by atoms with Gasteiger partial charge in [0.1, 0.15) is 0 Å². The van der Waals surface area contributed by atoms with E-state index in [1.54, 1.807) is 12.1 Å². The van der Waals surface area contributed by atoms with E-state index >= 15 is 0 Å². The lowest BCUT2D eigenvalue weighted by Gasteiger charge is -2.14. The van der Waals surface area contributed by atoms with Crippen LogP contribution in [0.2, 0.25) is 0 Å². The van der Waals surface area contributed by atoms with Crippen molar-refractivity contribution in [3.05, 3.63) is 29.8 Å². The summed E-state index contributed by atoms with van der Waals surface area (Å²) in [6, 6.07) is 6.61. The molecule has 1 saturated carbocycles. The highest BCUT2D eigenvalue weighted by Gasteiger charge is 2.33. The van der Waals surface area contributed by atoms with Gasteiger partial charge in [0.2, 0.25) is 0 Å². The molecule has 4 N–H and O–H groups in total. The van der Waals surface area contributed by atoms with Crippen LogP contribution in [0.15, 0.2) is 24.3 Å². The van der Waals surface area contributed by atoms with Gasteiger partial charge in [-0.15, -0.1) is 0 Å². The number of urea groups is 1. The molecule has 1 unspecified atom stereocenters. The maximum absolute atomic E-state index is 10.9. The van der Waals surface area contributed by atoms with Crippen LogP contribution in [0.5, 0.6) is 0 Å². The van der Waals surface area contributed by atoms with Gasteiger partial charge in [0.25, 0.3) is 0 Å². The molecule has 1 aromatic rings. The fraction of sp³-hybridized carbons (Fsp3) is 0.385. The maximum Gasteiger partial charge on any atom is 0.316 e. The lowest BCUT2D eigenvalue weighted by Crippen LogP contribution is -2.19. The van der Waals surface area contributed by atoms with E-state index in [4.69, 9.17) is 10.8 Å². The highest BCUT2D eigenvalue weighted by atomic mass is 16.4. The fourth-order valence-corrected chi connectivity index (χ4v) is 2.20. The highest BCUT2D eigenvalue weighted by molar-refractivity contribution is 5.87. The summed E-state index contributed by atoms with van der Waals surface area (Å²) in [6.07, 6.45) is 2.35.